The molecule has 0 aliphatic rings. The molecular weight excluding hydrogens is 324 g/mol. The topological polar surface area (TPSA) is 72.2 Å². The van der Waals surface area contributed by atoms with E-state index in [0.717, 1.165) is 28.6 Å². The molecule has 0 atom stereocenters. The summed E-state index contributed by atoms with van der Waals surface area (Å²) in [4.78, 5) is 4.06. The third kappa shape index (κ3) is 4.66. The highest BCUT2D eigenvalue weighted by atomic mass is 32.2. The Morgan fingerprint density at radius 1 is 1.00 bits per heavy atom. The molecule has 1 N–H and O–H groups in total. The number of aromatic nitrogens is 1. The number of hydrogen-bond acceptors (Lipinski definition) is 4. The third-order valence-corrected chi connectivity index (χ3v) is 5.32. The van der Waals surface area contributed by atoms with Crippen molar-refractivity contribution in [2.45, 2.75) is 19.3 Å². The number of benzene rings is 2. The standard InChI is InChI=1S/C18H20N2O3S/c21-24(22,12-4-7-15-5-2-1-3-6-15)20-11-10-16-8-9-17-18(13-16)23-14-19-17/h1-3,5-6,8-9,13-14,20H,4,7,10-12H2. The minimum absolute atomic E-state index is 0.142. The van der Waals surface area contributed by atoms with Crippen molar-refractivity contribution in [3.05, 3.63) is 66.1 Å². The fourth-order valence-corrected chi connectivity index (χ4v) is 3.67. The van der Waals surface area contributed by atoms with Gasteiger partial charge in [-0.2, -0.15) is 0 Å². The average molecular weight is 344 g/mol. The van der Waals surface area contributed by atoms with Crippen LogP contribution in [-0.4, -0.2) is 25.7 Å². The molecule has 0 aliphatic carbocycles. The Labute approximate surface area is 141 Å². The van der Waals surface area contributed by atoms with Gasteiger partial charge in [-0.3, -0.25) is 0 Å². The molecule has 2 aromatic carbocycles. The molecule has 0 amide bonds. The molecule has 0 fully saturated rings. The highest BCUT2D eigenvalue weighted by Crippen LogP contribution is 2.14. The van der Waals surface area contributed by atoms with E-state index >= 15 is 0 Å². The lowest BCUT2D eigenvalue weighted by atomic mass is 10.1. The zero-order valence-corrected chi connectivity index (χ0v) is 14.1. The molecule has 3 rings (SSSR count). The van der Waals surface area contributed by atoms with Crippen LogP contribution in [0.2, 0.25) is 0 Å². The van der Waals surface area contributed by atoms with Gasteiger partial charge in [0.25, 0.3) is 0 Å². The average Bonchev–Trinajstić information content (AvgIpc) is 3.03. The fourth-order valence-electron chi connectivity index (χ4n) is 2.59. The Morgan fingerprint density at radius 3 is 2.67 bits per heavy atom. The van der Waals surface area contributed by atoms with Gasteiger partial charge < -0.3 is 4.42 Å². The summed E-state index contributed by atoms with van der Waals surface area (Å²) in [6.45, 7) is 0.382. The van der Waals surface area contributed by atoms with Gasteiger partial charge in [-0.15, -0.1) is 0 Å². The van der Waals surface area contributed by atoms with Crippen molar-refractivity contribution in [3.63, 3.8) is 0 Å². The van der Waals surface area contributed by atoms with Crippen molar-refractivity contribution in [1.82, 2.24) is 9.71 Å². The number of nitrogens with one attached hydrogen (secondary N) is 1. The van der Waals surface area contributed by atoms with Crippen LogP contribution < -0.4 is 4.72 Å². The van der Waals surface area contributed by atoms with Gasteiger partial charge >= 0.3 is 0 Å². The first-order valence-corrected chi connectivity index (χ1v) is 9.61. The summed E-state index contributed by atoms with van der Waals surface area (Å²) in [5.41, 5.74) is 3.71. The minimum Gasteiger partial charge on any atom is -0.443 e. The second-order valence-corrected chi connectivity index (χ2v) is 7.63. The predicted octanol–water partition coefficient (Wildman–Crippen LogP) is 2.92. The van der Waals surface area contributed by atoms with E-state index < -0.39 is 10.0 Å². The molecule has 1 heterocycles. The van der Waals surface area contributed by atoms with Crippen LogP contribution in [0.25, 0.3) is 11.1 Å². The van der Waals surface area contributed by atoms with Crippen LogP contribution in [0.1, 0.15) is 17.5 Å². The lowest BCUT2D eigenvalue weighted by Gasteiger charge is -2.07. The van der Waals surface area contributed by atoms with Crippen LogP contribution in [0.4, 0.5) is 0 Å². The molecule has 0 radical (unpaired) electrons. The van der Waals surface area contributed by atoms with Gasteiger partial charge in [0.15, 0.2) is 12.0 Å². The van der Waals surface area contributed by atoms with Crippen LogP contribution in [0.3, 0.4) is 0 Å². The third-order valence-electron chi connectivity index (χ3n) is 3.85. The number of aryl methyl sites for hydroxylation is 1. The molecule has 0 saturated heterocycles. The van der Waals surface area contributed by atoms with Crippen molar-refractivity contribution in [1.29, 1.82) is 0 Å². The van der Waals surface area contributed by atoms with Gasteiger partial charge in [0.1, 0.15) is 5.52 Å². The Bertz CT molecular complexity index is 889. The zero-order valence-electron chi connectivity index (χ0n) is 13.3. The van der Waals surface area contributed by atoms with Crippen molar-refractivity contribution in [3.8, 4) is 0 Å². The van der Waals surface area contributed by atoms with E-state index in [1.54, 1.807) is 0 Å². The Balaban J connectivity index is 1.44. The minimum atomic E-state index is -3.24. The first-order chi connectivity index (χ1) is 11.6. The van der Waals surface area contributed by atoms with Gasteiger partial charge in [0, 0.05) is 6.54 Å². The van der Waals surface area contributed by atoms with E-state index in [4.69, 9.17) is 4.42 Å². The van der Waals surface area contributed by atoms with E-state index in [9.17, 15) is 8.42 Å². The summed E-state index contributed by atoms with van der Waals surface area (Å²) < 4.78 is 32.0. The van der Waals surface area contributed by atoms with Crippen LogP contribution in [0, 0.1) is 0 Å². The van der Waals surface area contributed by atoms with Crippen LogP contribution in [0.15, 0.2) is 59.3 Å². The maximum atomic E-state index is 12.0. The highest BCUT2D eigenvalue weighted by Gasteiger charge is 2.09. The second-order valence-electron chi connectivity index (χ2n) is 5.71. The van der Waals surface area contributed by atoms with Gasteiger partial charge in [-0.25, -0.2) is 18.1 Å². The molecule has 0 aliphatic heterocycles. The quantitative estimate of drug-likeness (QED) is 0.682. The Kier molecular flexibility index (Phi) is 5.27. The van der Waals surface area contributed by atoms with Gasteiger partial charge in [-0.1, -0.05) is 36.4 Å². The molecule has 126 valence electrons. The molecular formula is C18H20N2O3S. The maximum Gasteiger partial charge on any atom is 0.211 e. The van der Waals surface area contributed by atoms with Crippen molar-refractivity contribution in [2.24, 2.45) is 0 Å². The van der Waals surface area contributed by atoms with E-state index in [0.29, 0.717) is 19.4 Å². The fraction of sp³-hybridized carbons (Fsp3) is 0.278. The highest BCUT2D eigenvalue weighted by molar-refractivity contribution is 7.89. The van der Waals surface area contributed by atoms with Gasteiger partial charge in [0.2, 0.25) is 10.0 Å². The number of oxazole rings is 1. The largest absolute Gasteiger partial charge is 0.443 e. The van der Waals surface area contributed by atoms with E-state index in [1.807, 2.05) is 48.5 Å². The van der Waals surface area contributed by atoms with Crippen molar-refractivity contribution in [2.75, 3.05) is 12.3 Å². The molecule has 5 nitrogen and oxygen atoms in total. The molecule has 0 bridgehead atoms. The summed E-state index contributed by atoms with van der Waals surface area (Å²) in [5, 5.41) is 0. The summed E-state index contributed by atoms with van der Waals surface area (Å²) >= 11 is 0. The lowest BCUT2D eigenvalue weighted by molar-refractivity contribution is 0.579. The molecule has 0 spiro atoms. The summed E-state index contributed by atoms with van der Waals surface area (Å²) in [6.07, 6.45) is 3.41. The molecule has 1 aromatic heterocycles. The van der Waals surface area contributed by atoms with Crippen molar-refractivity contribution < 1.29 is 12.8 Å². The van der Waals surface area contributed by atoms with Gasteiger partial charge in [-0.05, 0) is 42.5 Å². The number of fused-ring (bicyclic) bond motifs is 1. The molecule has 6 heteroatoms. The first kappa shape index (κ1) is 16.7. The Morgan fingerprint density at radius 2 is 1.83 bits per heavy atom. The molecule has 0 saturated carbocycles. The predicted molar refractivity (Wildman–Crippen MR) is 94.3 cm³/mol. The SMILES string of the molecule is O=S(=O)(CCCc1ccccc1)NCCc1ccc2ncoc2c1. The normalized spacial score (nSPS) is 11.8. The van der Waals surface area contributed by atoms with Crippen LogP contribution >= 0.6 is 0 Å². The Hall–Kier alpha value is -2.18. The van der Waals surface area contributed by atoms with Crippen molar-refractivity contribution >= 4 is 21.1 Å². The summed E-state index contributed by atoms with van der Waals surface area (Å²) in [7, 11) is -3.24. The molecule has 0 unspecified atom stereocenters. The lowest BCUT2D eigenvalue weighted by Crippen LogP contribution is -2.28. The molecule has 3 aromatic rings. The summed E-state index contributed by atoms with van der Waals surface area (Å²) in [6, 6.07) is 15.6. The van der Waals surface area contributed by atoms with E-state index in [1.165, 1.54) is 6.39 Å². The second kappa shape index (κ2) is 7.59. The number of hydrogen-bond donors (Lipinski definition) is 1. The van der Waals surface area contributed by atoms with Gasteiger partial charge in [0.05, 0.1) is 5.75 Å². The number of nitrogens with zero attached hydrogens (tertiary/aromatic N) is 1. The first-order valence-electron chi connectivity index (χ1n) is 7.96. The van der Waals surface area contributed by atoms with E-state index in [2.05, 4.69) is 9.71 Å². The van der Waals surface area contributed by atoms with E-state index in [-0.39, 0.29) is 5.75 Å². The zero-order chi connectivity index (χ0) is 16.8. The van der Waals surface area contributed by atoms with Crippen LogP contribution in [-0.2, 0) is 22.9 Å². The molecule has 24 heavy (non-hydrogen) atoms. The van der Waals surface area contributed by atoms with Crippen LogP contribution in [0.5, 0.6) is 0 Å². The number of rotatable bonds is 8. The smallest absolute Gasteiger partial charge is 0.211 e. The number of sulfonamides is 1. The maximum absolute atomic E-state index is 12.0. The summed E-state index contributed by atoms with van der Waals surface area (Å²) in [5.74, 6) is 0.142. The monoisotopic (exact) mass is 344 g/mol.